The fourth-order valence-corrected chi connectivity index (χ4v) is 5.37. The molecule has 3 rings (SSSR count). The summed E-state index contributed by atoms with van der Waals surface area (Å²) in [6.45, 7) is 4.38. The Bertz CT molecular complexity index is 1470. The molecule has 0 saturated carbocycles. The van der Waals surface area contributed by atoms with E-state index in [0.29, 0.717) is 17.1 Å². The number of sulfonamides is 1. The lowest BCUT2D eigenvalue weighted by molar-refractivity contribution is -0.148. The molecule has 5 N–H and O–H groups in total. The Labute approximate surface area is 231 Å². The molecule has 0 aliphatic heterocycles. The summed E-state index contributed by atoms with van der Waals surface area (Å²) in [6.07, 6.45) is -1.51. The van der Waals surface area contributed by atoms with Crippen molar-refractivity contribution in [3.8, 4) is 17.2 Å². The number of hydrogen-bond acceptors (Lipinski definition) is 8. The van der Waals surface area contributed by atoms with Gasteiger partial charge in [-0.25, -0.2) is 31.4 Å². The number of primary amides is 1. The lowest BCUT2D eigenvalue weighted by Crippen LogP contribution is -2.48. The molecule has 0 bridgehead atoms. The van der Waals surface area contributed by atoms with Crippen LogP contribution in [-0.2, 0) is 27.7 Å². The first-order valence-electron chi connectivity index (χ1n) is 12.1. The number of methoxy groups -OCH3 is 2. The summed E-state index contributed by atoms with van der Waals surface area (Å²) in [5, 5.41) is 4.11. The van der Waals surface area contributed by atoms with E-state index < -0.39 is 40.0 Å². The van der Waals surface area contributed by atoms with Gasteiger partial charge >= 0.3 is 6.09 Å². The van der Waals surface area contributed by atoms with Gasteiger partial charge in [0.05, 0.1) is 26.1 Å². The number of nitrogens with zero attached hydrogens (tertiary/aromatic N) is 2. The second kappa shape index (κ2) is 11.7. The lowest BCUT2D eigenvalue weighted by atomic mass is 9.83. The van der Waals surface area contributed by atoms with E-state index in [0.717, 1.165) is 4.68 Å². The van der Waals surface area contributed by atoms with Gasteiger partial charge in [0, 0.05) is 41.9 Å². The molecule has 0 radical (unpaired) electrons. The number of ether oxygens (including phenoxy) is 3. The van der Waals surface area contributed by atoms with Crippen LogP contribution in [0, 0.1) is 5.41 Å². The van der Waals surface area contributed by atoms with Gasteiger partial charge in [-0.1, -0.05) is 26.8 Å². The van der Waals surface area contributed by atoms with Crippen molar-refractivity contribution in [1.82, 2.24) is 14.5 Å². The molecule has 0 spiro atoms. The van der Waals surface area contributed by atoms with Crippen molar-refractivity contribution in [3.05, 3.63) is 59.9 Å². The molecule has 1 amide bonds. The SMILES string of the molecule is COc1ccc(CNS(=O)(=O)c2cc(N)ccc2-n2cc(CC(F)(F)C(OC(N)=O)C(C)(C)C)cn2)c(OC)c1. The zero-order valence-electron chi connectivity index (χ0n) is 22.8. The van der Waals surface area contributed by atoms with E-state index in [1.165, 1.54) is 65.6 Å². The number of halogens is 2. The molecule has 1 heterocycles. The highest BCUT2D eigenvalue weighted by Gasteiger charge is 2.49. The summed E-state index contributed by atoms with van der Waals surface area (Å²) < 4.78 is 76.1. The molecule has 1 atom stereocenters. The molecule has 0 aliphatic carbocycles. The van der Waals surface area contributed by atoms with Crippen molar-refractivity contribution >= 4 is 21.8 Å². The summed E-state index contributed by atoms with van der Waals surface area (Å²) >= 11 is 0. The fraction of sp³-hybridized carbons (Fsp3) is 0.385. The number of nitrogen functional groups attached to an aromatic ring is 1. The molecule has 14 heteroatoms. The van der Waals surface area contributed by atoms with Crippen molar-refractivity contribution < 1.29 is 36.2 Å². The summed E-state index contributed by atoms with van der Waals surface area (Å²) in [5.41, 5.74) is 10.7. The number of carbonyl (C=O) groups is 1. The zero-order valence-corrected chi connectivity index (χ0v) is 23.6. The fourth-order valence-electron chi connectivity index (χ4n) is 4.14. The predicted octanol–water partition coefficient (Wildman–Crippen LogP) is 3.64. The number of rotatable bonds is 11. The number of benzene rings is 2. The summed E-state index contributed by atoms with van der Waals surface area (Å²) in [5.74, 6) is -2.55. The number of nitrogens with one attached hydrogen (secondary N) is 1. The molecule has 0 fully saturated rings. The Morgan fingerprint density at radius 2 is 1.82 bits per heavy atom. The molecular formula is C26H33F2N5O6S. The van der Waals surface area contributed by atoms with Crippen LogP contribution in [0.4, 0.5) is 19.3 Å². The largest absolute Gasteiger partial charge is 0.497 e. The number of anilines is 1. The van der Waals surface area contributed by atoms with E-state index in [9.17, 15) is 13.2 Å². The molecule has 3 aromatic rings. The summed E-state index contributed by atoms with van der Waals surface area (Å²) in [7, 11) is -1.22. The van der Waals surface area contributed by atoms with Gasteiger partial charge in [-0.3, -0.25) is 0 Å². The van der Waals surface area contributed by atoms with Gasteiger partial charge in [0.25, 0.3) is 5.92 Å². The van der Waals surface area contributed by atoms with Gasteiger partial charge < -0.3 is 25.7 Å². The number of nitrogens with two attached hydrogens (primary N) is 2. The van der Waals surface area contributed by atoms with E-state index in [4.69, 9.17) is 25.7 Å². The first kappa shape index (κ1) is 30.6. The van der Waals surface area contributed by atoms with Crippen molar-refractivity contribution in [3.63, 3.8) is 0 Å². The third-order valence-corrected chi connectivity index (χ3v) is 7.38. The minimum absolute atomic E-state index is 0.0726. The average molecular weight is 582 g/mol. The molecule has 218 valence electrons. The summed E-state index contributed by atoms with van der Waals surface area (Å²) in [6, 6.07) is 9.07. The highest BCUT2D eigenvalue weighted by Crippen LogP contribution is 2.37. The Hall–Kier alpha value is -3.91. The Morgan fingerprint density at radius 1 is 1.12 bits per heavy atom. The number of hydrogen-bond donors (Lipinski definition) is 3. The number of aromatic nitrogens is 2. The smallest absolute Gasteiger partial charge is 0.405 e. The second-order valence-electron chi connectivity index (χ2n) is 10.1. The summed E-state index contributed by atoms with van der Waals surface area (Å²) in [4.78, 5) is 11.1. The molecule has 11 nitrogen and oxygen atoms in total. The standard InChI is InChI=1S/C26H33F2N5O6S/c1-25(2,3)23(39-24(30)34)26(27,28)12-16-13-31-33(15-16)20-9-7-18(29)10-22(20)40(35,36)32-14-17-6-8-19(37-4)11-21(17)38-5/h6-11,13,15,23,32H,12,14,29H2,1-5H3,(H2,30,34). The first-order chi connectivity index (χ1) is 18.6. The number of carbonyl (C=O) groups excluding carboxylic acids is 1. The highest BCUT2D eigenvalue weighted by atomic mass is 32.2. The van der Waals surface area contributed by atoms with E-state index in [-0.39, 0.29) is 28.4 Å². The van der Waals surface area contributed by atoms with E-state index >= 15 is 8.78 Å². The molecule has 0 saturated heterocycles. The van der Waals surface area contributed by atoms with Gasteiger partial charge in [-0.15, -0.1) is 0 Å². The van der Waals surface area contributed by atoms with Crippen LogP contribution in [0.25, 0.3) is 5.69 Å². The molecule has 2 aromatic carbocycles. The Morgan fingerprint density at radius 3 is 2.42 bits per heavy atom. The van der Waals surface area contributed by atoms with E-state index in [1.807, 2.05) is 0 Å². The van der Waals surface area contributed by atoms with Crippen LogP contribution < -0.4 is 25.7 Å². The van der Waals surface area contributed by atoms with Gasteiger partial charge in [0.15, 0.2) is 6.10 Å². The second-order valence-corrected chi connectivity index (χ2v) is 11.9. The van der Waals surface area contributed by atoms with Crippen molar-refractivity contribution in [1.29, 1.82) is 0 Å². The van der Waals surface area contributed by atoms with Crippen LogP contribution in [0.1, 0.15) is 31.9 Å². The van der Waals surface area contributed by atoms with Crippen molar-refractivity contribution in [2.24, 2.45) is 11.1 Å². The monoisotopic (exact) mass is 581 g/mol. The van der Waals surface area contributed by atoms with Crippen LogP contribution in [0.15, 0.2) is 53.7 Å². The maximum Gasteiger partial charge on any atom is 0.405 e. The number of alkyl halides is 2. The Kier molecular flexibility index (Phi) is 8.94. The average Bonchev–Trinajstić information content (AvgIpc) is 3.32. The first-order valence-corrected chi connectivity index (χ1v) is 13.5. The van der Waals surface area contributed by atoms with Crippen LogP contribution in [0.5, 0.6) is 11.5 Å². The van der Waals surface area contributed by atoms with Crippen LogP contribution in [0.3, 0.4) is 0 Å². The maximum atomic E-state index is 15.2. The van der Waals surface area contributed by atoms with Gasteiger partial charge in [-0.2, -0.15) is 5.10 Å². The van der Waals surface area contributed by atoms with E-state index in [1.54, 1.807) is 18.2 Å². The van der Waals surface area contributed by atoms with Crippen molar-refractivity contribution in [2.45, 2.75) is 50.7 Å². The molecule has 1 aromatic heterocycles. The van der Waals surface area contributed by atoms with Crippen LogP contribution in [-0.4, -0.2) is 50.5 Å². The number of amides is 1. The predicted molar refractivity (Wildman–Crippen MR) is 144 cm³/mol. The highest BCUT2D eigenvalue weighted by molar-refractivity contribution is 7.89. The normalized spacial score (nSPS) is 13.1. The Balaban J connectivity index is 1.90. The van der Waals surface area contributed by atoms with E-state index in [2.05, 4.69) is 9.82 Å². The maximum absolute atomic E-state index is 15.2. The topological polar surface area (TPSA) is 161 Å². The minimum atomic E-state index is -4.17. The van der Waals surface area contributed by atoms with Gasteiger partial charge in [0.2, 0.25) is 10.0 Å². The van der Waals surface area contributed by atoms with Crippen molar-refractivity contribution in [2.75, 3.05) is 20.0 Å². The quantitative estimate of drug-likeness (QED) is 0.289. The van der Waals surface area contributed by atoms with Crippen LogP contribution >= 0.6 is 0 Å². The lowest BCUT2D eigenvalue weighted by Gasteiger charge is -2.35. The van der Waals surface area contributed by atoms with Gasteiger partial charge in [0.1, 0.15) is 16.4 Å². The molecular weight excluding hydrogens is 548 g/mol. The third-order valence-electron chi connectivity index (χ3n) is 5.95. The minimum Gasteiger partial charge on any atom is -0.497 e. The molecule has 0 aliphatic rings. The molecule has 1 unspecified atom stereocenters. The van der Waals surface area contributed by atoms with Crippen LogP contribution in [0.2, 0.25) is 0 Å². The molecule has 40 heavy (non-hydrogen) atoms. The zero-order chi connectivity index (χ0) is 29.9. The van der Waals surface area contributed by atoms with Gasteiger partial charge in [-0.05, 0) is 29.8 Å². The third kappa shape index (κ3) is 7.18.